The highest BCUT2D eigenvalue weighted by Crippen LogP contribution is 2.26. The molecule has 1 amide bonds. The van der Waals surface area contributed by atoms with Crippen molar-refractivity contribution in [1.82, 2.24) is 15.5 Å². The number of guanidine groups is 1. The van der Waals surface area contributed by atoms with Crippen LogP contribution in [0.4, 0.5) is 4.39 Å². The summed E-state index contributed by atoms with van der Waals surface area (Å²) in [5, 5.41) is 6.58. The van der Waals surface area contributed by atoms with E-state index in [0.29, 0.717) is 30.4 Å². The summed E-state index contributed by atoms with van der Waals surface area (Å²) in [7, 11) is 5.20. The molecule has 0 atom stereocenters. The number of nitrogens with one attached hydrogen (secondary N) is 2. The highest BCUT2D eigenvalue weighted by Gasteiger charge is 2.08. The molecule has 0 bridgehead atoms. The lowest BCUT2D eigenvalue weighted by Gasteiger charge is -2.14. The Balaban J connectivity index is 1.52. The maximum Gasteiger partial charge on any atom is 0.253 e. The molecule has 0 aliphatic rings. The van der Waals surface area contributed by atoms with Crippen LogP contribution in [0.1, 0.15) is 27.0 Å². The third-order valence-corrected chi connectivity index (χ3v) is 5.03. The summed E-state index contributed by atoms with van der Waals surface area (Å²) in [6, 6.07) is 19.4. The standard InChI is InChI=1S/C26H29FN4O2/c1-18-15-20(7-14-24(18)33-23-12-10-22(27)11-13-23)17-30-26(28-2)29-16-19-5-8-21(9-6-19)25(32)31(3)4/h5-15H,16-17H2,1-4H3,(H2,28,29,30). The molecule has 0 aromatic heterocycles. The van der Waals surface area contributed by atoms with Gasteiger partial charge in [-0.2, -0.15) is 0 Å². The first-order chi connectivity index (χ1) is 15.9. The topological polar surface area (TPSA) is 66.0 Å². The van der Waals surface area contributed by atoms with Crippen LogP contribution in [0.5, 0.6) is 11.5 Å². The number of halogens is 1. The molecular weight excluding hydrogens is 419 g/mol. The average Bonchev–Trinajstić information content (AvgIpc) is 2.82. The lowest BCUT2D eigenvalue weighted by atomic mass is 10.1. The Labute approximate surface area is 194 Å². The van der Waals surface area contributed by atoms with Gasteiger partial charge in [-0.15, -0.1) is 0 Å². The molecule has 0 heterocycles. The van der Waals surface area contributed by atoms with Gasteiger partial charge < -0.3 is 20.3 Å². The molecule has 6 nitrogen and oxygen atoms in total. The van der Waals surface area contributed by atoms with Crippen LogP contribution in [-0.4, -0.2) is 37.9 Å². The van der Waals surface area contributed by atoms with Crippen molar-refractivity contribution in [2.75, 3.05) is 21.1 Å². The molecule has 3 rings (SSSR count). The van der Waals surface area contributed by atoms with Crippen molar-refractivity contribution in [3.05, 3.63) is 94.8 Å². The van der Waals surface area contributed by atoms with Gasteiger partial charge in [-0.05, 0) is 66.1 Å². The number of ether oxygens (including phenoxy) is 1. The van der Waals surface area contributed by atoms with E-state index in [2.05, 4.69) is 15.6 Å². The van der Waals surface area contributed by atoms with Crippen LogP contribution in [0.3, 0.4) is 0 Å². The molecule has 3 aromatic carbocycles. The van der Waals surface area contributed by atoms with Crippen molar-refractivity contribution in [1.29, 1.82) is 0 Å². The van der Waals surface area contributed by atoms with E-state index in [1.807, 2.05) is 49.4 Å². The van der Waals surface area contributed by atoms with Crippen LogP contribution in [-0.2, 0) is 13.1 Å². The minimum Gasteiger partial charge on any atom is -0.457 e. The van der Waals surface area contributed by atoms with Gasteiger partial charge in [0.25, 0.3) is 5.91 Å². The number of benzene rings is 3. The Hall–Kier alpha value is -3.87. The van der Waals surface area contributed by atoms with Crippen molar-refractivity contribution >= 4 is 11.9 Å². The highest BCUT2D eigenvalue weighted by molar-refractivity contribution is 5.93. The zero-order valence-electron chi connectivity index (χ0n) is 19.4. The van der Waals surface area contributed by atoms with Gasteiger partial charge in [0, 0.05) is 39.8 Å². The number of hydrogen-bond acceptors (Lipinski definition) is 3. The van der Waals surface area contributed by atoms with Crippen molar-refractivity contribution in [2.24, 2.45) is 4.99 Å². The summed E-state index contributed by atoms with van der Waals surface area (Å²) in [4.78, 5) is 17.8. The molecule has 0 aliphatic carbocycles. The summed E-state index contributed by atoms with van der Waals surface area (Å²) in [5.74, 6) is 1.68. The molecular formula is C26H29FN4O2. The molecule has 2 N–H and O–H groups in total. The highest BCUT2D eigenvalue weighted by atomic mass is 19.1. The first kappa shape index (κ1) is 23.8. The summed E-state index contributed by atoms with van der Waals surface area (Å²) in [5.41, 5.74) is 3.77. The minimum atomic E-state index is -0.293. The molecule has 3 aromatic rings. The predicted molar refractivity (Wildman–Crippen MR) is 129 cm³/mol. The fourth-order valence-corrected chi connectivity index (χ4v) is 3.18. The first-order valence-electron chi connectivity index (χ1n) is 10.6. The molecule has 7 heteroatoms. The molecule has 0 saturated heterocycles. The molecule has 172 valence electrons. The first-order valence-corrected chi connectivity index (χ1v) is 10.6. The molecule has 0 saturated carbocycles. The van der Waals surface area contributed by atoms with Crippen LogP contribution in [0.25, 0.3) is 0 Å². The van der Waals surface area contributed by atoms with Gasteiger partial charge in [-0.1, -0.05) is 24.3 Å². The third-order valence-electron chi connectivity index (χ3n) is 5.03. The maximum atomic E-state index is 13.1. The maximum absolute atomic E-state index is 13.1. The van der Waals surface area contributed by atoms with E-state index < -0.39 is 0 Å². The van der Waals surface area contributed by atoms with Gasteiger partial charge >= 0.3 is 0 Å². The van der Waals surface area contributed by atoms with Crippen molar-refractivity contribution in [3.8, 4) is 11.5 Å². The zero-order valence-corrected chi connectivity index (χ0v) is 19.4. The Bertz CT molecular complexity index is 1110. The van der Waals surface area contributed by atoms with Crippen molar-refractivity contribution in [3.63, 3.8) is 0 Å². The number of hydrogen-bond donors (Lipinski definition) is 2. The van der Waals surface area contributed by atoms with Crippen LogP contribution < -0.4 is 15.4 Å². The van der Waals surface area contributed by atoms with Crippen LogP contribution in [0.2, 0.25) is 0 Å². The van der Waals surface area contributed by atoms with E-state index in [1.165, 1.54) is 12.1 Å². The zero-order chi connectivity index (χ0) is 23.8. The fraction of sp³-hybridized carbons (Fsp3) is 0.231. The second-order valence-electron chi connectivity index (χ2n) is 7.83. The van der Waals surface area contributed by atoms with Gasteiger partial charge in [0.2, 0.25) is 0 Å². The number of carbonyl (C=O) groups is 1. The Kier molecular flexibility index (Phi) is 8.02. The van der Waals surface area contributed by atoms with Crippen molar-refractivity contribution in [2.45, 2.75) is 20.0 Å². The van der Waals surface area contributed by atoms with E-state index in [1.54, 1.807) is 38.2 Å². The van der Waals surface area contributed by atoms with Crippen LogP contribution in [0.15, 0.2) is 71.7 Å². The monoisotopic (exact) mass is 448 g/mol. The number of aryl methyl sites for hydroxylation is 1. The van der Waals surface area contributed by atoms with Gasteiger partial charge in [-0.3, -0.25) is 9.79 Å². The van der Waals surface area contributed by atoms with E-state index in [4.69, 9.17) is 4.74 Å². The number of nitrogens with zero attached hydrogens (tertiary/aromatic N) is 2. The Morgan fingerprint density at radius 3 is 2.12 bits per heavy atom. The number of carbonyl (C=O) groups excluding carboxylic acids is 1. The lowest BCUT2D eigenvalue weighted by Crippen LogP contribution is -2.36. The third kappa shape index (κ3) is 6.80. The molecule has 0 aliphatic heterocycles. The largest absolute Gasteiger partial charge is 0.457 e. The Morgan fingerprint density at radius 1 is 0.939 bits per heavy atom. The van der Waals surface area contributed by atoms with E-state index in [9.17, 15) is 9.18 Å². The summed E-state index contributed by atoms with van der Waals surface area (Å²) in [6.07, 6.45) is 0. The van der Waals surface area contributed by atoms with Crippen molar-refractivity contribution < 1.29 is 13.9 Å². The normalized spacial score (nSPS) is 11.1. The van der Waals surface area contributed by atoms with E-state index in [-0.39, 0.29) is 11.7 Å². The van der Waals surface area contributed by atoms with E-state index >= 15 is 0 Å². The quantitative estimate of drug-likeness (QED) is 0.413. The molecule has 33 heavy (non-hydrogen) atoms. The fourth-order valence-electron chi connectivity index (χ4n) is 3.18. The summed E-state index contributed by atoms with van der Waals surface area (Å²) >= 11 is 0. The predicted octanol–water partition coefficient (Wildman–Crippen LogP) is 4.49. The number of amides is 1. The molecule has 0 fully saturated rings. The summed E-state index contributed by atoms with van der Waals surface area (Å²) in [6.45, 7) is 3.15. The number of aliphatic imine (C=N–C) groups is 1. The SMILES string of the molecule is CN=C(NCc1ccc(C(=O)N(C)C)cc1)NCc1ccc(Oc2ccc(F)cc2)c(C)c1. The summed E-state index contributed by atoms with van der Waals surface area (Å²) < 4.78 is 18.9. The second kappa shape index (κ2) is 11.1. The average molecular weight is 449 g/mol. The molecule has 0 unspecified atom stereocenters. The smallest absolute Gasteiger partial charge is 0.253 e. The van der Waals surface area contributed by atoms with Gasteiger partial charge in [0.05, 0.1) is 0 Å². The Morgan fingerprint density at radius 2 is 1.55 bits per heavy atom. The molecule has 0 radical (unpaired) electrons. The van der Waals surface area contributed by atoms with Gasteiger partial charge in [-0.25, -0.2) is 4.39 Å². The van der Waals surface area contributed by atoms with Gasteiger partial charge in [0.15, 0.2) is 5.96 Å². The van der Waals surface area contributed by atoms with Crippen LogP contribution >= 0.6 is 0 Å². The van der Waals surface area contributed by atoms with E-state index in [0.717, 1.165) is 22.4 Å². The van der Waals surface area contributed by atoms with Crippen LogP contribution in [0, 0.1) is 12.7 Å². The number of rotatable bonds is 7. The molecule has 0 spiro atoms. The lowest BCUT2D eigenvalue weighted by molar-refractivity contribution is 0.0827. The van der Waals surface area contributed by atoms with Gasteiger partial charge in [0.1, 0.15) is 17.3 Å². The second-order valence-corrected chi connectivity index (χ2v) is 7.83. The minimum absolute atomic E-state index is 0.0173.